The molecule has 9 atom stereocenters. The first-order valence-electron chi connectivity index (χ1n) is 13.3. The molecule has 0 bridgehead atoms. The van der Waals surface area contributed by atoms with Gasteiger partial charge in [-0.05, 0) is 108 Å². The van der Waals surface area contributed by atoms with E-state index >= 15 is 0 Å². The van der Waals surface area contributed by atoms with Crippen molar-refractivity contribution in [1.82, 2.24) is 0 Å². The number of hydrogen-bond donors (Lipinski definition) is 0. The van der Waals surface area contributed by atoms with Crippen molar-refractivity contribution >= 4 is 0 Å². The SMILES string of the molecule is COc1c(C)c(C)c2c(c1C)CC(C)C1(C)C2(C)C(C)C[C@]2(C)[C@H](C)[C@@](C)(OC)C(C)C12C. The highest BCUT2D eigenvalue weighted by Gasteiger charge is 2.79. The van der Waals surface area contributed by atoms with Gasteiger partial charge in [0.1, 0.15) is 5.75 Å². The van der Waals surface area contributed by atoms with E-state index in [0.717, 1.165) is 12.2 Å². The lowest BCUT2D eigenvalue weighted by Crippen LogP contribution is -2.70. The molecular weight excluding hydrogens is 404 g/mol. The molecule has 0 radical (unpaired) electrons. The van der Waals surface area contributed by atoms with Gasteiger partial charge in [0.25, 0.3) is 0 Å². The van der Waals surface area contributed by atoms with E-state index in [1.807, 2.05) is 14.2 Å². The lowest BCUT2D eigenvalue weighted by Gasteiger charge is -2.73. The van der Waals surface area contributed by atoms with Crippen molar-refractivity contribution < 1.29 is 9.47 Å². The van der Waals surface area contributed by atoms with Gasteiger partial charge < -0.3 is 9.47 Å². The first-order valence-corrected chi connectivity index (χ1v) is 13.3. The monoisotopic (exact) mass is 454 g/mol. The smallest absolute Gasteiger partial charge is 0.125 e. The van der Waals surface area contributed by atoms with E-state index < -0.39 is 0 Å². The summed E-state index contributed by atoms with van der Waals surface area (Å²) in [6.07, 6.45) is 2.38. The molecule has 2 heteroatoms. The fourth-order valence-corrected chi connectivity index (χ4v) is 10.7. The zero-order valence-electron chi connectivity index (χ0n) is 24.0. The molecule has 0 amide bonds. The molecule has 1 aromatic carbocycles. The van der Waals surface area contributed by atoms with Gasteiger partial charge in [0.2, 0.25) is 0 Å². The second-order valence-electron chi connectivity index (χ2n) is 13.3. The lowest BCUT2D eigenvalue weighted by atomic mass is 9.30. The number of ether oxygens (including phenoxy) is 2. The molecule has 3 aliphatic carbocycles. The molecule has 186 valence electrons. The summed E-state index contributed by atoms with van der Waals surface area (Å²) in [7, 11) is 3.78. The van der Waals surface area contributed by atoms with Crippen LogP contribution in [0.3, 0.4) is 0 Å². The van der Waals surface area contributed by atoms with Crippen molar-refractivity contribution in [1.29, 1.82) is 0 Å². The van der Waals surface area contributed by atoms with Crippen LogP contribution in [0.1, 0.15) is 96.6 Å². The number of benzene rings is 1. The Morgan fingerprint density at radius 1 is 0.727 bits per heavy atom. The Morgan fingerprint density at radius 3 is 1.82 bits per heavy atom. The lowest BCUT2D eigenvalue weighted by molar-refractivity contribution is -0.211. The summed E-state index contributed by atoms with van der Waals surface area (Å²) in [6.45, 7) is 30.0. The van der Waals surface area contributed by atoms with Crippen molar-refractivity contribution in [3.8, 4) is 5.75 Å². The maximum atomic E-state index is 6.42. The zero-order chi connectivity index (χ0) is 25.1. The molecule has 0 heterocycles. The highest BCUT2D eigenvalue weighted by atomic mass is 16.5. The fraction of sp³-hybridized carbons (Fsp3) is 0.806. The van der Waals surface area contributed by atoms with Gasteiger partial charge in [0, 0.05) is 12.5 Å². The third-order valence-corrected chi connectivity index (χ3v) is 13.6. The van der Waals surface area contributed by atoms with Gasteiger partial charge in [-0.2, -0.15) is 0 Å². The second-order valence-corrected chi connectivity index (χ2v) is 13.3. The molecule has 3 aliphatic rings. The Labute approximate surface area is 204 Å². The molecule has 2 saturated carbocycles. The molecule has 0 saturated heterocycles. The molecule has 2 nitrogen and oxygen atoms in total. The van der Waals surface area contributed by atoms with Crippen LogP contribution in [-0.2, 0) is 16.6 Å². The predicted octanol–water partition coefficient (Wildman–Crippen LogP) is 7.82. The summed E-state index contributed by atoms with van der Waals surface area (Å²) in [5.41, 5.74) is 7.85. The molecule has 0 spiro atoms. The minimum Gasteiger partial charge on any atom is -0.496 e. The van der Waals surface area contributed by atoms with Gasteiger partial charge in [0.15, 0.2) is 0 Å². The summed E-state index contributed by atoms with van der Waals surface area (Å²) in [4.78, 5) is 0. The first-order chi connectivity index (χ1) is 15.1. The maximum Gasteiger partial charge on any atom is 0.125 e. The molecule has 1 aromatic rings. The van der Waals surface area contributed by atoms with Gasteiger partial charge >= 0.3 is 0 Å². The maximum absolute atomic E-state index is 6.42. The first kappa shape index (κ1) is 25.1. The van der Waals surface area contributed by atoms with Gasteiger partial charge in [-0.3, -0.25) is 0 Å². The molecule has 0 N–H and O–H groups in total. The zero-order valence-corrected chi connectivity index (χ0v) is 24.0. The van der Waals surface area contributed by atoms with Gasteiger partial charge in [0.05, 0.1) is 12.7 Å². The third kappa shape index (κ3) is 2.32. The number of methoxy groups -OCH3 is 2. The Hall–Kier alpha value is -1.02. The molecular formula is C31H50O2. The summed E-state index contributed by atoms with van der Waals surface area (Å²) in [6, 6.07) is 0. The van der Waals surface area contributed by atoms with E-state index in [-0.39, 0.29) is 27.3 Å². The molecule has 2 fully saturated rings. The number of fused-ring (bicyclic) bond motifs is 5. The average Bonchev–Trinajstić information content (AvgIpc) is 2.88. The Bertz CT molecular complexity index is 995. The van der Waals surface area contributed by atoms with Crippen molar-refractivity contribution in [3.05, 3.63) is 27.8 Å². The molecule has 4 rings (SSSR count). The van der Waals surface area contributed by atoms with Gasteiger partial charge in [-0.25, -0.2) is 0 Å². The number of hydrogen-bond acceptors (Lipinski definition) is 2. The van der Waals surface area contributed by atoms with E-state index in [2.05, 4.69) is 83.1 Å². The van der Waals surface area contributed by atoms with Crippen molar-refractivity contribution in [2.24, 2.45) is 39.9 Å². The Balaban J connectivity index is 2.12. The van der Waals surface area contributed by atoms with E-state index in [1.54, 1.807) is 11.1 Å². The highest BCUT2D eigenvalue weighted by molar-refractivity contribution is 5.60. The minimum absolute atomic E-state index is 0.0904. The third-order valence-electron chi connectivity index (χ3n) is 13.6. The van der Waals surface area contributed by atoms with Crippen molar-refractivity contribution in [2.45, 2.75) is 107 Å². The van der Waals surface area contributed by atoms with Crippen LogP contribution in [0.15, 0.2) is 0 Å². The normalized spacial score (nSPS) is 48.8. The predicted molar refractivity (Wildman–Crippen MR) is 139 cm³/mol. The van der Waals surface area contributed by atoms with Crippen LogP contribution in [0.5, 0.6) is 5.75 Å². The largest absolute Gasteiger partial charge is 0.496 e. The minimum atomic E-state index is -0.113. The standard InChI is InChI=1S/C31H50O2/c1-17-15-24-21(5)26(32-13)20(4)19(3)25(24)28(9)18(2)16-27(8)22(6)29(10,33-14)23(7)31(27,12)30(17,28)11/h17-18,22-23H,15-16H2,1-14H3/t17?,18?,22-,23?,27+,28?,29+,30?,31?/m0/s1. The van der Waals surface area contributed by atoms with Crippen LogP contribution >= 0.6 is 0 Å². The van der Waals surface area contributed by atoms with Crippen LogP contribution < -0.4 is 4.74 Å². The molecule has 0 aliphatic heterocycles. The van der Waals surface area contributed by atoms with Crippen LogP contribution in [-0.4, -0.2) is 19.8 Å². The van der Waals surface area contributed by atoms with Crippen LogP contribution in [0.4, 0.5) is 0 Å². The van der Waals surface area contributed by atoms with E-state index in [1.165, 1.54) is 23.1 Å². The van der Waals surface area contributed by atoms with E-state index in [9.17, 15) is 0 Å². The number of rotatable bonds is 2. The van der Waals surface area contributed by atoms with Crippen molar-refractivity contribution in [2.75, 3.05) is 14.2 Å². The summed E-state index contributed by atoms with van der Waals surface area (Å²) in [5.74, 6) is 3.23. The Morgan fingerprint density at radius 2 is 1.30 bits per heavy atom. The summed E-state index contributed by atoms with van der Waals surface area (Å²) >= 11 is 0. The quantitative estimate of drug-likeness (QED) is 0.453. The van der Waals surface area contributed by atoms with E-state index in [0.29, 0.717) is 23.7 Å². The molecule has 0 aromatic heterocycles. The fourth-order valence-electron chi connectivity index (χ4n) is 10.7. The van der Waals surface area contributed by atoms with Gasteiger partial charge in [-0.1, -0.05) is 55.4 Å². The second kappa shape index (κ2) is 7.02. The van der Waals surface area contributed by atoms with Gasteiger partial charge in [-0.15, -0.1) is 0 Å². The highest BCUT2D eigenvalue weighted by Crippen LogP contribution is 2.82. The Kier molecular flexibility index (Phi) is 5.34. The average molecular weight is 455 g/mol. The van der Waals surface area contributed by atoms with Crippen molar-refractivity contribution in [3.63, 3.8) is 0 Å². The van der Waals surface area contributed by atoms with Crippen LogP contribution in [0.25, 0.3) is 0 Å². The summed E-state index contributed by atoms with van der Waals surface area (Å²) < 4.78 is 12.4. The van der Waals surface area contributed by atoms with Crippen LogP contribution in [0, 0.1) is 60.7 Å². The molecule has 33 heavy (non-hydrogen) atoms. The summed E-state index contributed by atoms with van der Waals surface area (Å²) in [5, 5.41) is 0. The van der Waals surface area contributed by atoms with Crippen LogP contribution in [0.2, 0.25) is 0 Å². The topological polar surface area (TPSA) is 18.5 Å². The molecule has 6 unspecified atom stereocenters. The van der Waals surface area contributed by atoms with E-state index in [4.69, 9.17) is 9.47 Å².